The molecule has 0 saturated heterocycles. The second-order valence-corrected chi connectivity index (χ2v) is 5.07. The second-order valence-electron chi connectivity index (χ2n) is 3.99. The lowest BCUT2D eigenvalue weighted by Gasteiger charge is -2.07. The van der Waals surface area contributed by atoms with Crippen LogP contribution in [0.15, 0.2) is 12.3 Å². The average molecular weight is 345 g/mol. The van der Waals surface area contributed by atoms with Crippen molar-refractivity contribution < 1.29 is 0 Å². The van der Waals surface area contributed by atoms with Crippen molar-refractivity contribution >= 4 is 28.4 Å². The summed E-state index contributed by atoms with van der Waals surface area (Å²) in [6.45, 7) is 5.72. The Morgan fingerprint density at radius 1 is 1.41 bits per heavy atom. The highest BCUT2D eigenvalue weighted by Crippen LogP contribution is 2.19. The first-order valence-electron chi connectivity index (χ1n) is 5.62. The summed E-state index contributed by atoms with van der Waals surface area (Å²) in [4.78, 5) is 0. The number of halogens is 1. The number of aryl methyl sites for hydroxylation is 2. The number of nitrogen functional groups attached to an aromatic ring is 1. The quantitative estimate of drug-likeness (QED) is 0.863. The van der Waals surface area contributed by atoms with E-state index in [1.54, 1.807) is 0 Å². The molecule has 0 bridgehead atoms. The Kier molecular flexibility index (Phi) is 3.70. The second kappa shape index (κ2) is 5.07. The van der Waals surface area contributed by atoms with Crippen LogP contribution >= 0.6 is 22.6 Å². The molecule has 5 nitrogen and oxygen atoms in total. The number of aromatic nitrogens is 4. The van der Waals surface area contributed by atoms with Crippen molar-refractivity contribution in [3.05, 3.63) is 27.2 Å². The van der Waals surface area contributed by atoms with Gasteiger partial charge in [-0.1, -0.05) is 6.92 Å². The number of rotatable bonds is 4. The van der Waals surface area contributed by atoms with E-state index in [0.717, 1.165) is 33.7 Å². The molecule has 92 valence electrons. The van der Waals surface area contributed by atoms with Gasteiger partial charge in [-0.05, 0) is 42.0 Å². The van der Waals surface area contributed by atoms with Crippen molar-refractivity contribution in [3.8, 4) is 0 Å². The van der Waals surface area contributed by atoms with Crippen LogP contribution < -0.4 is 5.73 Å². The maximum atomic E-state index is 6.01. The molecule has 17 heavy (non-hydrogen) atoms. The number of anilines is 1. The molecule has 0 spiro atoms. The normalized spacial score (nSPS) is 11.0. The van der Waals surface area contributed by atoms with E-state index in [2.05, 4.69) is 39.7 Å². The molecule has 2 aromatic rings. The molecule has 2 N–H and O–H groups in total. The van der Waals surface area contributed by atoms with E-state index >= 15 is 0 Å². The molecule has 0 atom stereocenters. The van der Waals surface area contributed by atoms with Gasteiger partial charge in [0, 0.05) is 12.7 Å². The van der Waals surface area contributed by atoms with Crippen LogP contribution in [0.25, 0.3) is 0 Å². The first-order valence-corrected chi connectivity index (χ1v) is 6.70. The van der Waals surface area contributed by atoms with Crippen molar-refractivity contribution in [2.75, 3.05) is 5.73 Å². The van der Waals surface area contributed by atoms with Gasteiger partial charge in [-0.25, -0.2) is 4.68 Å². The van der Waals surface area contributed by atoms with Gasteiger partial charge in [0.1, 0.15) is 5.82 Å². The Morgan fingerprint density at radius 2 is 2.18 bits per heavy atom. The Labute approximate surface area is 114 Å². The van der Waals surface area contributed by atoms with Gasteiger partial charge in [-0.2, -0.15) is 10.2 Å². The van der Waals surface area contributed by atoms with Gasteiger partial charge in [-0.3, -0.25) is 4.68 Å². The SMILES string of the molecule is CCCn1nccc1Cn1nc(C)c(I)c1N. The molecule has 0 aliphatic heterocycles. The fourth-order valence-electron chi connectivity index (χ4n) is 1.76. The lowest BCUT2D eigenvalue weighted by Crippen LogP contribution is -2.11. The highest BCUT2D eigenvalue weighted by Gasteiger charge is 2.11. The van der Waals surface area contributed by atoms with Crippen LogP contribution in [0, 0.1) is 10.5 Å². The third-order valence-corrected chi connectivity index (χ3v) is 3.98. The topological polar surface area (TPSA) is 61.7 Å². The minimum absolute atomic E-state index is 0.676. The summed E-state index contributed by atoms with van der Waals surface area (Å²) in [7, 11) is 0. The van der Waals surface area contributed by atoms with E-state index in [1.807, 2.05) is 28.6 Å². The number of nitrogens with zero attached hydrogens (tertiary/aromatic N) is 4. The minimum atomic E-state index is 0.676. The van der Waals surface area contributed by atoms with E-state index in [-0.39, 0.29) is 0 Å². The fraction of sp³-hybridized carbons (Fsp3) is 0.455. The summed E-state index contributed by atoms with van der Waals surface area (Å²) < 4.78 is 4.87. The summed E-state index contributed by atoms with van der Waals surface area (Å²) >= 11 is 2.23. The van der Waals surface area contributed by atoms with Crippen LogP contribution in [0.1, 0.15) is 24.7 Å². The number of hydrogen-bond acceptors (Lipinski definition) is 3. The van der Waals surface area contributed by atoms with Gasteiger partial charge in [-0.15, -0.1) is 0 Å². The summed E-state index contributed by atoms with van der Waals surface area (Å²) in [5.41, 5.74) is 8.12. The smallest absolute Gasteiger partial charge is 0.135 e. The Balaban J connectivity index is 2.25. The fourth-order valence-corrected chi connectivity index (χ4v) is 2.15. The van der Waals surface area contributed by atoms with Crippen molar-refractivity contribution in [3.63, 3.8) is 0 Å². The van der Waals surface area contributed by atoms with Gasteiger partial charge >= 0.3 is 0 Å². The Bertz CT molecular complexity index is 514. The Morgan fingerprint density at radius 3 is 2.76 bits per heavy atom. The maximum absolute atomic E-state index is 6.01. The summed E-state index contributed by atoms with van der Waals surface area (Å²) in [6, 6.07) is 2.01. The molecular weight excluding hydrogens is 329 g/mol. The minimum Gasteiger partial charge on any atom is -0.383 e. The largest absolute Gasteiger partial charge is 0.383 e. The zero-order valence-electron chi connectivity index (χ0n) is 10.0. The third kappa shape index (κ3) is 2.46. The van der Waals surface area contributed by atoms with E-state index in [1.165, 1.54) is 0 Å². The van der Waals surface area contributed by atoms with Crippen LogP contribution in [0.5, 0.6) is 0 Å². The van der Waals surface area contributed by atoms with Gasteiger partial charge in [0.2, 0.25) is 0 Å². The highest BCUT2D eigenvalue weighted by molar-refractivity contribution is 14.1. The molecule has 0 aromatic carbocycles. The summed E-state index contributed by atoms with van der Waals surface area (Å²) in [5, 5.41) is 8.72. The molecule has 0 amide bonds. The zero-order chi connectivity index (χ0) is 12.4. The van der Waals surface area contributed by atoms with Gasteiger partial charge in [0.05, 0.1) is 21.5 Å². The van der Waals surface area contributed by atoms with Crippen LogP contribution in [-0.4, -0.2) is 19.6 Å². The molecule has 0 radical (unpaired) electrons. The first-order chi connectivity index (χ1) is 8.13. The average Bonchev–Trinajstić information content (AvgIpc) is 2.82. The molecule has 2 rings (SSSR count). The highest BCUT2D eigenvalue weighted by atomic mass is 127. The van der Waals surface area contributed by atoms with Gasteiger partial charge in [0.15, 0.2) is 0 Å². The molecule has 0 aliphatic carbocycles. The van der Waals surface area contributed by atoms with Crippen molar-refractivity contribution in [2.45, 2.75) is 33.4 Å². The molecule has 0 aliphatic rings. The van der Waals surface area contributed by atoms with Gasteiger partial charge in [0.25, 0.3) is 0 Å². The third-order valence-electron chi connectivity index (χ3n) is 2.64. The standard InChI is InChI=1S/C11H16IN5/c1-3-6-16-9(4-5-14-16)7-17-11(13)10(12)8(2)15-17/h4-5H,3,6-7,13H2,1-2H3. The van der Waals surface area contributed by atoms with E-state index in [0.29, 0.717) is 6.54 Å². The van der Waals surface area contributed by atoms with Crippen LogP contribution in [-0.2, 0) is 13.1 Å². The molecule has 0 saturated carbocycles. The van der Waals surface area contributed by atoms with Crippen molar-refractivity contribution in [1.29, 1.82) is 0 Å². The summed E-state index contributed by atoms with van der Waals surface area (Å²) in [5.74, 6) is 0.729. The number of hydrogen-bond donors (Lipinski definition) is 1. The lowest BCUT2D eigenvalue weighted by atomic mass is 10.4. The maximum Gasteiger partial charge on any atom is 0.135 e. The summed E-state index contributed by atoms with van der Waals surface area (Å²) in [6.07, 6.45) is 2.89. The van der Waals surface area contributed by atoms with Crippen LogP contribution in [0.4, 0.5) is 5.82 Å². The van der Waals surface area contributed by atoms with Crippen LogP contribution in [0.2, 0.25) is 0 Å². The molecule has 2 heterocycles. The van der Waals surface area contributed by atoms with E-state index < -0.39 is 0 Å². The molecular formula is C11H16IN5. The predicted octanol–water partition coefficient (Wildman–Crippen LogP) is 2.03. The lowest BCUT2D eigenvalue weighted by molar-refractivity contribution is 0.548. The monoisotopic (exact) mass is 345 g/mol. The molecule has 6 heteroatoms. The predicted molar refractivity (Wildman–Crippen MR) is 75.7 cm³/mol. The van der Waals surface area contributed by atoms with Crippen molar-refractivity contribution in [1.82, 2.24) is 19.6 Å². The first kappa shape index (κ1) is 12.4. The molecule has 2 aromatic heterocycles. The van der Waals surface area contributed by atoms with E-state index in [4.69, 9.17) is 5.73 Å². The zero-order valence-corrected chi connectivity index (χ0v) is 12.2. The molecule has 0 fully saturated rings. The van der Waals surface area contributed by atoms with E-state index in [9.17, 15) is 0 Å². The number of nitrogens with two attached hydrogens (primary N) is 1. The Hall–Kier alpha value is -1.05. The van der Waals surface area contributed by atoms with Gasteiger partial charge < -0.3 is 5.73 Å². The molecule has 0 unspecified atom stereocenters. The van der Waals surface area contributed by atoms with Crippen LogP contribution in [0.3, 0.4) is 0 Å². The van der Waals surface area contributed by atoms with Crippen molar-refractivity contribution in [2.24, 2.45) is 0 Å².